The maximum Gasteiger partial charge on any atom is 0.239 e. The summed E-state index contributed by atoms with van der Waals surface area (Å²) in [5.74, 6) is 1.00. The molecule has 1 aromatic heterocycles. The minimum absolute atomic E-state index is 0.113. The Hall–Kier alpha value is -3.55. The van der Waals surface area contributed by atoms with Crippen LogP contribution in [0, 0.1) is 5.82 Å². The first kappa shape index (κ1) is 22.1. The van der Waals surface area contributed by atoms with E-state index >= 15 is 0 Å². The zero-order valence-corrected chi connectivity index (χ0v) is 18.0. The first-order valence-corrected chi connectivity index (χ1v) is 9.94. The first-order valence-electron chi connectivity index (χ1n) is 9.94. The first-order chi connectivity index (χ1) is 15.0. The molecule has 0 aliphatic rings. The van der Waals surface area contributed by atoms with Gasteiger partial charge in [-0.2, -0.15) is 5.10 Å². The van der Waals surface area contributed by atoms with Gasteiger partial charge < -0.3 is 19.7 Å². The molecule has 0 aliphatic heterocycles. The fraction of sp³-hybridized carbons (Fsp3) is 0.304. The molecule has 1 N–H and O–H groups in total. The Kier molecular flexibility index (Phi) is 7.48. The Bertz CT molecular complexity index is 1000. The van der Waals surface area contributed by atoms with Gasteiger partial charge in [0, 0.05) is 38.0 Å². The second-order valence-corrected chi connectivity index (χ2v) is 7.13. The van der Waals surface area contributed by atoms with Crippen molar-refractivity contribution in [1.29, 1.82) is 0 Å². The van der Waals surface area contributed by atoms with Gasteiger partial charge in [-0.1, -0.05) is 12.1 Å². The van der Waals surface area contributed by atoms with Gasteiger partial charge in [0.05, 0.1) is 32.6 Å². The Morgan fingerprint density at radius 3 is 2.58 bits per heavy atom. The summed E-state index contributed by atoms with van der Waals surface area (Å²) >= 11 is 0. The van der Waals surface area contributed by atoms with Crippen LogP contribution >= 0.6 is 0 Å². The van der Waals surface area contributed by atoms with Gasteiger partial charge in [0.2, 0.25) is 5.91 Å². The molecule has 0 bridgehead atoms. The van der Waals surface area contributed by atoms with Crippen molar-refractivity contribution in [3.05, 3.63) is 71.8 Å². The number of nitrogens with zero attached hydrogens (tertiary/aromatic N) is 3. The molecule has 2 aromatic carbocycles. The van der Waals surface area contributed by atoms with Crippen molar-refractivity contribution >= 4 is 11.6 Å². The molecule has 8 heteroatoms. The monoisotopic (exact) mass is 426 g/mol. The van der Waals surface area contributed by atoms with Gasteiger partial charge in [-0.3, -0.25) is 9.48 Å². The number of ether oxygens (including phenoxy) is 2. The van der Waals surface area contributed by atoms with E-state index < -0.39 is 0 Å². The molecule has 3 rings (SSSR count). The summed E-state index contributed by atoms with van der Waals surface area (Å²) < 4.78 is 25.5. The van der Waals surface area contributed by atoms with Crippen molar-refractivity contribution in [3.63, 3.8) is 0 Å². The van der Waals surface area contributed by atoms with E-state index in [4.69, 9.17) is 9.47 Å². The minimum Gasteiger partial charge on any atom is -0.497 e. The number of hydrogen-bond donors (Lipinski definition) is 1. The SMILES string of the molecule is COc1ccc(CN(CC(=O)NCCc2ccc(F)cc2)c2cnn(C)c2)c(OC)c1. The van der Waals surface area contributed by atoms with Crippen LogP contribution in [0.4, 0.5) is 10.1 Å². The molecule has 1 amide bonds. The van der Waals surface area contributed by atoms with Crippen LogP contribution in [-0.4, -0.2) is 43.0 Å². The van der Waals surface area contributed by atoms with Crippen molar-refractivity contribution in [2.45, 2.75) is 13.0 Å². The molecule has 0 aliphatic carbocycles. The Morgan fingerprint density at radius 2 is 1.94 bits per heavy atom. The van der Waals surface area contributed by atoms with Crippen molar-refractivity contribution < 1.29 is 18.7 Å². The predicted molar refractivity (Wildman–Crippen MR) is 117 cm³/mol. The van der Waals surface area contributed by atoms with E-state index in [1.807, 2.05) is 36.3 Å². The zero-order valence-electron chi connectivity index (χ0n) is 18.0. The van der Waals surface area contributed by atoms with Crippen molar-refractivity contribution in [2.75, 3.05) is 32.2 Å². The van der Waals surface area contributed by atoms with E-state index in [1.165, 1.54) is 12.1 Å². The summed E-state index contributed by atoms with van der Waals surface area (Å²) in [6.07, 6.45) is 4.22. The van der Waals surface area contributed by atoms with Gasteiger partial charge in [-0.25, -0.2) is 4.39 Å². The molecular weight excluding hydrogens is 399 g/mol. The highest BCUT2D eigenvalue weighted by molar-refractivity contribution is 5.81. The highest BCUT2D eigenvalue weighted by atomic mass is 19.1. The Morgan fingerprint density at radius 1 is 1.16 bits per heavy atom. The number of hydrogen-bond acceptors (Lipinski definition) is 5. The van der Waals surface area contributed by atoms with Crippen LogP contribution in [0.2, 0.25) is 0 Å². The molecule has 1 heterocycles. The summed E-state index contributed by atoms with van der Waals surface area (Å²) in [4.78, 5) is 14.6. The average molecular weight is 426 g/mol. The number of amides is 1. The van der Waals surface area contributed by atoms with Gasteiger partial charge in [-0.15, -0.1) is 0 Å². The molecule has 7 nitrogen and oxygen atoms in total. The van der Waals surface area contributed by atoms with Gasteiger partial charge >= 0.3 is 0 Å². The quantitative estimate of drug-likeness (QED) is 0.540. The lowest BCUT2D eigenvalue weighted by molar-refractivity contribution is -0.119. The summed E-state index contributed by atoms with van der Waals surface area (Å²) in [6.45, 7) is 1.09. The van der Waals surface area contributed by atoms with Crippen molar-refractivity contribution in [2.24, 2.45) is 7.05 Å². The number of carbonyl (C=O) groups excluding carboxylic acids is 1. The van der Waals surface area contributed by atoms with E-state index in [9.17, 15) is 9.18 Å². The standard InChI is InChI=1S/C23H27FN4O3/c1-27-15-20(13-26-27)28(14-18-6-9-21(30-2)12-22(18)31-3)16-23(29)25-11-10-17-4-7-19(24)8-5-17/h4-9,12-13,15H,10-11,14,16H2,1-3H3,(H,25,29). The summed E-state index contributed by atoms with van der Waals surface area (Å²) in [5, 5.41) is 7.16. The summed E-state index contributed by atoms with van der Waals surface area (Å²) in [5.41, 5.74) is 2.72. The highest BCUT2D eigenvalue weighted by Crippen LogP contribution is 2.27. The fourth-order valence-corrected chi connectivity index (χ4v) is 3.22. The molecule has 0 unspecified atom stereocenters. The predicted octanol–water partition coefficient (Wildman–Crippen LogP) is 2.94. The number of halogens is 1. The number of rotatable bonds is 10. The number of aromatic nitrogens is 2. The van der Waals surface area contributed by atoms with Crippen LogP contribution in [-0.2, 0) is 24.8 Å². The van der Waals surface area contributed by atoms with Crippen LogP contribution in [0.1, 0.15) is 11.1 Å². The summed E-state index contributed by atoms with van der Waals surface area (Å²) in [7, 11) is 5.04. The van der Waals surface area contributed by atoms with E-state index in [0.717, 1.165) is 16.8 Å². The number of benzene rings is 2. The second kappa shape index (κ2) is 10.5. The summed E-state index contributed by atoms with van der Waals surface area (Å²) in [6, 6.07) is 11.9. The smallest absolute Gasteiger partial charge is 0.239 e. The van der Waals surface area contributed by atoms with E-state index in [2.05, 4.69) is 10.4 Å². The third kappa shape index (κ3) is 6.21. The molecule has 0 spiro atoms. The van der Waals surface area contributed by atoms with E-state index in [1.54, 1.807) is 37.2 Å². The van der Waals surface area contributed by atoms with Gasteiger partial charge in [0.1, 0.15) is 17.3 Å². The third-order valence-electron chi connectivity index (χ3n) is 4.90. The normalized spacial score (nSPS) is 10.6. The van der Waals surface area contributed by atoms with E-state index in [0.29, 0.717) is 31.0 Å². The fourth-order valence-electron chi connectivity index (χ4n) is 3.22. The third-order valence-corrected chi connectivity index (χ3v) is 4.90. The number of anilines is 1. The molecule has 31 heavy (non-hydrogen) atoms. The molecule has 3 aromatic rings. The van der Waals surface area contributed by atoms with Crippen LogP contribution in [0.3, 0.4) is 0 Å². The Balaban J connectivity index is 1.66. The van der Waals surface area contributed by atoms with Crippen LogP contribution in [0.5, 0.6) is 11.5 Å². The van der Waals surface area contributed by atoms with Crippen molar-refractivity contribution in [1.82, 2.24) is 15.1 Å². The van der Waals surface area contributed by atoms with Crippen LogP contribution < -0.4 is 19.7 Å². The molecule has 0 atom stereocenters. The Labute approximate surface area is 181 Å². The molecular formula is C23H27FN4O3. The molecule has 0 fully saturated rings. The number of carbonyl (C=O) groups is 1. The van der Waals surface area contributed by atoms with Crippen molar-refractivity contribution in [3.8, 4) is 11.5 Å². The lowest BCUT2D eigenvalue weighted by atomic mass is 10.1. The number of nitrogens with one attached hydrogen (secondary N) is 1. The van der Waals surface area contributed by atoms with Crippen LogP contribution in [0.15, 0.2) is 54.9 Å². The largest absolute Gasteiger partial charge is 0.497 e. The van der Waals surface area contributed by atoms with Gasteiger partial charge in [-0.05, 0) is 36.2 Å². The maximum absolute atomic E-state index is 13.0. The van der Waals surface area contributed by atoms with Crippen LogP contribution in [0.25, 0.3) is 0 Å². The molecule has 164 valence electrons. The molecule has 0 saturated heterocycles. The average Bonchev–Trinajstić information content (AvgIpc) is 3.21. The lowest BCUT2D eigenvalue weighted by Gasteiger charge is -2.24. The topological polar surface area (TPSA) is 68.6 Å². The maximum atomic E-state index is 13.0. The van der Waals surface area contributed by atoms with Gasteiger partial charge in [0.15, 0.2) is 0 Å². The lowest BCUT2D eigenvalue weighted by Crippen LogP contribution is -2.37. The zero-order chi connectivity index (χ0) is 22.2. The number of methoxy groups -OCH3 is 2. The van der Waals surface area contributed by atoms with Gasteiger partial charge in [0.25, 0.3) is 0 Å². The second-order valence-electron chi connectivity index (χ2n) is 7.13. The van der Waals surface area contributed by atoms with E-state index in [-0.39, 0.29) is 18.3 Å². The number of aryl methyl sites for hydroxylation is 1. The minimum atomic E-state index is -0.270. The highest BCUT2D eigenvalue weighted by Gasteiger charge is 2.16. The molecule has 0 radical (unpaired) electrons. The molecule has 0 saturated carbocycles.